The van der Waals surface area contributed by atoms with Crippen molar-refractivity contribution in [2.24, 2.45) is 0 Å². The van der Waals surface area contributed by atoms with E-state index in [1.807, 2.05) is 36.4 Å². The van der Waals surface area contributed by atoms with Gasteiger partial charge in [-0.25, -0.2) is 9.59 Å². The summed E-state index contributed by atoms with van der Waals surface area (Å²) >= 11 is 0. The van der Waals surface area contributed by atoms with E-state index in [9.17, 15) is 19.8 Å². The van der Waals surface area contributed by atoms with E-state index in [-0.39, 0.29) is 23.0 Å². The second-order valence-corrected chi connectivity index (χ2v) is 8.41. The smallest absolute Gasteiger partial charge is 0.336 e. The zero-order chi connectivity index (χ0) is 21.7. The van der Waals surface area contributed by atoms with Crippen LogP contribution in [-0.2, 0) is 0 Å². The molecule has 0 fully saturated rings. The quantitative estimate of drug-likeness (QED) is 0.370. The van der Waals surface area contributed by atoms with Crippen molar-refractivity contribution in [2.45, 2.75) is 39.5 Å². The van der Waals surface area contributed by atoms with Crippen molar-refractivity contribution in [2.75, 3.05) is 0 Å². The predicted molar refractivity (Wildman–Crippen MR) is 121 cm³/mol. The number of carboxylic acid groups (broad SMARTS) is 2. The van der Waals surface area contributed by atoms with Gasteiger partial charge in [0.1, 0.15) is 0 Å². The molecule has 0 unspecified atom stereocenters. The maximum absolute atomic E-state index is 12.1. The van der Waals surface area contributed by atoms with Gasteiger partial charge in [-0.15, -0.1) is 0 Å². The van der Waals surface area contributed by atoms with Crippen molar-refractivity contribution in [1.29, 1.82) is 0 Å². The zero-order valence-corrected chi connectivity index (χ0v) is 17.5. The monoisotopic (exact) mass is 400 g/mol. The molecule has 0 aliphatic carbocycles. The van der Waals surface area contributed by atoms with Crippen LogP contribution in [0.3, 0.4) is 0 Å². The fraction of sp³-hybridized carbons (Fsp3) is 0.231. The molecule has 4 heteroatoms. The largest absolute Gasteiger partial charge is 0.478 e. The number of hydrogen-bond donors (Lipinski definition) is 2. The normalized spacial score (nSPS) is 11.8. The molecule has 0 bridgehead atoms. The van der Waals surface area contributed by atoms with Gasteiger partial charge in [-0.1, -0.05) is 64.1 Å². The van der Waals surface area contributed by atoms with Crippen LogP contribution in [0, 0.1) is 0 Å². The third-order valence-electron chi connectivity index (χ3n) is 5.87. The summed E-state index contributed by atoms with van der Waals surface area (Å²) in [6.07, 6.45) is 0. The highest BCUT2D eigenvalue weighted by Gasteiger charge is 2.22. The first-order valence-electron chi connectivity index (χ1n) is 10.1. The Hall–Kier alpha value is -3.40. The van der Waals surface area contributed by atoms with Crippen LogP contribution in [0.25, 0.3) is 32.3 Å². The Morgan fingerprint density at radius 3 is 1.40 bits per heavy atom. The predicted octanol–water partition coefficient (Wildman–Crippen LogP) is 6.79. The highest BCUT2D eigenvalue weighted by Crippen LogP contribution is 2.42. The van der Waals surface area contributed by atoms with Crippen LogP contribution in [0.5, 0.6) is 0 Å². The van der Waals surface area contributed by atoms with Crippen LogP contribution >= 0.6 is 0 Å². The minimum Gasteiger partial charge on any atom is -0.478 e. The van der Waals surface area contributed by atoms with E-state index in [0.717, 1.165) is 27.3 Å². The average Bonchev–Trinajstić information content (AvgIpc) is 2.70. The van der Waals surface area contributed by atoms with Gasteiger partial charge in [-0.05, 0) is 67.4 Å². The second kappa shape index (κ2) is 7.13. The van der Waals surface area contributed by atoms with Gasteiger partial charge in [0.05, 0.1) is 11.1 Å². The minimum atomic E-state index is -1.02. The first-order chi connectivity index (χ1) is 14.2. The summed E-state index contributed by atoms with van der Waals surface area (Å²) < 4.78 is 0. The molecule has 0 atom stereocenters. The average molecular weight is 400 g/mol. The fourth-order valence-electron chi connectivity index (χ4n) is 4.53. The van der Waals surface area contributed by atoms with Crippen molar-refractivity contribution < 1.29 is 19.8 Å². The Kier molecular flexibility index (Phi) is 4.73. The Morgan fingerprint density at radius 2 is 1.07 bits per heavy atom. The number of rotatable bonds is 4. The number of benzene rings is 4. The molecule has 0 saturated carbocycles. The number of hydrogen-bond acceptors (Lipinski definition) is 2. The maximum Gasteiger partial charge on any atom is 0.336 e. The maximum atomic E-state index is 12.1. The van der Waals surface area contributed by atoms with Crippen LogP contribution in [-0.4, -0.2) is 22.2 Å². The Morgan fingerprint density at radius 1 is 0.667 bits per heavy atom. The van der Waals surface area contributed by atoms with E-state index < -0.39 is 11.9 Å². The van der Waals surface area contributed by atoms with E-state index in [2.05, 4.69) is 27.7 Å². The lowest BCUT2D eigenvalue weighted by molar-refractivity contribution is 0.0689. The number of fused-ring (bicyclic) bond motifs is 5. The fourth-order valence-corrected chi connectivity index (χ4v) is 4.53. The van der Waals surface area contributed by atoms with E-state index in [1.54, 1.807) is 12.1 Å². The molecule has 0 aliphatic heterocycles. The number of aromatic carboxylic acids is 2. The van der Waals surface area contributed by atoms with Gasteiger partial charge < -0.3 is 10.2 Å². The van der Waals surface area contributed by atoms with Crippen LogP contribution in [0.1, 0.15) is 71.4 Å². The zero-order valence-electron chi connectivity index (χ0n) is 17.5. The third kappa shape index (κ3) is 2.91. The lowest BCUT2D eigenvalue weighted by atomic mass is 9.84. The van der Waals surface area contributed by atoms with Crippen molar-refractivity contribution in [3.8, 4) is 0 Å². The molecule has 4 aromatic carbocycles. The molecule has 0 heterocycles. The first kappa shape index (κ1) is 19.9. The topological polar surface area (TPSA) is 74.6 Å². The third-order valence-corrected chi connectivity index (χ3v) is 5.87. The summed E-state index contributed by atoms with van der Waals surface area (Å²) in [4.78, 5) is 24.2. The molecule has 2 N–H and O–H groups in total. The summed E-state index contributed by atoms with van der Waals surface area (Å²) in [6.45, 7) is 8.35. The van der Waals surface area contributed by atoms with Crippen molar-refractivity contribution in [1.82, 2.24) is 0 Å². The summed E-state index contributed by atoms with van der Waals surface area (Å²) in [7, 11) is 0. The summed E-state index contributed by atoms with van der Waals surface area (Å²) in [5.74, 6) is -1.67. The Labute approximate surface area is 174 Å². The summed E-state index contributed by atoms with van der Waals surface area (Å²) in [5.41, 5.74) is 2.50. The molecule has 0 spiro atoms. The highest BCUT2D eigenvalue weighted by molar-refractivity contribution is 6.28. The van der Waals surface area contributed by atoms with Crippen molar-refractivity contribution in [3.05, 3.63) is 70.8 Å². The molecule has 4 rings (SSSR count). The lowest BCUT2D eigenvalue weighted by Gasteiger charge is -2.20. The molecule has 4 nitrogen and oxygen atoms in total. The van der Waals surface area contributed by atoms with Crippen LogP contribution in [0.4, 0.5) is 0 Å². The molecule has 0 amide bonds. The van der Waals surface area contributed by atoms with E-state index >= 15 is 0 Å². The Balaban J connectivity index is 2.44. The molecular formula is C26H24O4. The molecule has 0 aromatic heterocycles. The van der Waals surface area contributed by atoms with E-state index in [0.29, 0.717) is 16.2 Å². The molecule has 152 valence electrons. The lowest BCUT2D eigenvalue weighted by Crippen LogP contribution is -2.04. The van der Waals surface area contributed by atoms with E-state index in [4.69, 9.17) is 0 Å². The number of carboxylic acids is 2. The molecule has 4 aromatic rings. The number of carbonyl (C=O) groups is 2. The minimum absolute atomic E-state index is 0.182. The van der Waals surface area contributed by atoms with Crippen LogP contribution in [0.2, 0.25) is 0 Å². The van der Waals surface area contributed by atoms with Crippen molar-refractivity contribution in [3.63, 3.8) is 0 Å². The van der Waals surface area contributed by atoms with Gasteiger partial charge in [0.25, 0.3) is 0 Å². The van der Waals surface area contributed by atoms with Gasteiger partial charge in [-0.3, -0.25) is 0 Å². The van der Waals surface area contributed by atoms with Gasteiger partial charge in [0, 0.05) is 0 Å². The van der Waals surface area contributed by atoms with Gasteiger partial charge >= 0.3 is 11.9 Å². The van der Waals surface area contributed by atoms with Crippen molar-refractivity contribution >= 4 is 44.3 Å². The summed E-state index contributed by atoms with van der Waals surface area (Å²) in [6, 6.07) is 14.8. The van der Waals surface area contributed by atoms with Gasteiger partial charge in [0.15, 0.2) is 0 Å². The van der Waals surface area contributed by atoms with Crippen LogP contribution < -0.4 is 0 Å². The second-order valence-electron chi connectivity index (χ2n) is 8.41. The SMILES string of the molecule is CC(C)c1cccc2c(C(=O)O)cc3cc(C(=O)O)c4cccc(C(C)C)c4c3c12. The van der Waals surface area contributed by atoms with Crippen LogP contribution in [0.15, 0.2) is 48.5 Å². The summed E-state index contributed by atoms with van der Waals surface area (Å²) in [5, 5.41) is 24.5. The van der Waals surface area contributed by atoms with E-state index in [1.165, 1.54) is 0 Å². The molecular weight excluding hydrogens is 376 g/mol. The standard InChI is InChI=1S/C26H24O4/c1-13(2)16-7-5-9-18-20(25(27)28)11-15-12-21(26(29)30)19-10-6-8-17(14(3)4)24(19)22(15)23(16)18/h5-14H,1-4H3,(H,27,28)(H,29,30). The molecule has 0 radical (unpaired) electrons. The molecule has 30 heavy (non-hydrogen) atoms. The molecule has 0 saturated heterocycles. The molecule has 0 aliphatic rings. The Bertz CT molecular complexity index is 1250. The van der Waals surface area contributed by atoms with Gasteiger partial charge in [-0.2, -0.15) is 0 Å². The van der Waals surface area contributed by atoms with Gasteiger partial charge in [0.2, 0.25) is 0 Å². The highest BCUT2D eigenvalue weighted by atomic mass is 16.4. The first-order valence-corrected chi connectivity index (χ1v) is 10.1.